The largest absolute Gasteiger partial charge is 0.457 e. The van der Waals surface area contributed by atoms with Gasteiger partial charge in [-0.1, -0.05) is 151 Å². The minimum absolute atomic E-state index is 0.00564. The number of benzene rings is 5. The van der Waals surface area contributed by atoms with Crippen LogP contribution >= 0.6 is 22.9 Å². The summed E-state index contributed by atoms with van der Waals surface area (Å²) in [5.74, 6) is -0.425. The Morgan fingerprint density at radius 3 is 1.55 bits per heavy atom. The summed E-state index contributed by atoms with van der Waals surface area (Å²) in [5, 5.41) is 0. The SMILES string of the molecule is O=C(OCc1cc([C@@H]2O[C@H](COCc3ccccc3)[C@@H](OCc3ccccc3)[C@@H](OCc3ccccc3)[C@@H]2OCc2ccccc2)sc1Cl)c1ccccc1. The highest BCUT2D eigenvalue weighted by atomic mass is 35.5. The van der Waals surface area contributed by atoms with Gasteiger partial charge in [0, 0.05) is 10.4 Å². The molecule has 5 aromatic carbocycles. The van der Waals surface area contributed by atoms with Crippen molar-refractivity contribution < 1.29 is 33.2 Å². The first kappa shape index (κ1) is 38.6. The first-order valence-electron chi connectivity index (χ1n) is 18.3. The fourth-order valence-corrected chi connectivity index (χ4v) is 7.82. The van der Waals surface area contributed by atoms with E-state index in [-0.39, 0.29) is 13.2 Å². The molecule has 2 heterocycles. The van der Waals surface area contributed by atoms with E-state index in [1.165, 1.54) is 11.3 Å². The van der Waals surface area contributed by atoms with Crippen LogP contribution in [0.1, 0.15) is 49.2 Å². The van der Waals surface area contributed by atoms with Gasteiger partial charge < -0.3 is 28.4 Å². The molecule has 0 N–H and O–H groups in total. The van der Waals surface area contributed by atoms with Gasteiger partial charge in [0.15, 0.2) is 0 Å². The summed E-state index contributed by atoms with van der Waals surface area (Å²) in [4.78, 5) is 13.7. The summed E-state index contributed by atoms with van der Waals surface area (Å²) < 4.78 is 40.1. The average molecular weight is 775 g/mol. The molecule has 55 heavy (non-hydrogen) atoms. The Morgan fingerprint density at radius 2 is 1.02 bits per heavy atom. The third-order valence-electron chi connectivity index (χ3n) is 9.31. The normalized spacial score (nSPS) is 19.5. The van der Waals surface area contributed by atoms with Gasteiger partial charge in [-0.25, -0.2) is 4.79 Å². The van der Waals surface area contributed by atoms with Gasteiger partial charge >= 0.3 is 5.97 Å². The lowest BCUT2D eigenvalue weighted by Gasteiger charge is -2.46. The standard InChI is InChI=1S/C46H43ClO7S/c47-45-38(31-53-46(48)37-24-14-5-15-25-37)26-40(55-45)42-44(52-30-36-22-12-4-13-23-36)43(51-29-35-20-10-3-11-21-35)41(50-28-34-18-8-2-9-19-34)39(54-42)32-49-27-33-16-6-1-7-17-33/h1-26,39,41-44H,27-32H2/t39-,41-,42+,43-,44-/m1/s1. The smallest absolute Gasteiger partial charge is 0.338 e. The highest BCUT2D eigenvalue weighted by molar-refractivity contribution is 7.16. The van der Waals surface area contributed by atoms with E-state index in [1.54, 1.807) is 24.3 Å². The molecular weight excluding hydrogens is 732 g/mol. The second kappa shape index (κ2) is 19.8. The maximum atomic E-state index is 12.8. The molecule has 1 aliphatic heterocycles. The van der Waals surface area contributed by atoms with Crippen molar-refractivity contribution >= 4 is 28.9 Å². The fraction of sp³-hybridized carbons (Fsp3) is 0.239. The molecule has 0 amide bonds. The molecule has 0 unspecified atom stereocenters. The number of halogens is 1. The van der Waals surface area contributed by atoms with E-state index in [2.05, 4.69) is 0 Å². The number of carbonyl (C=O) groups is 1. The Labute approximate surface area is 331 Å². The number of thiophene rings is 1. The molecule has 6 aromatic rings. The van der Waals surface area contributed by atoms with Crippen LogP contribution in [0.2, 0.25) is 4.34 Å². The second-order valence-corrected chi connectivity index (χ2v) is 15.0. The van der Waals surface area contributed by atoms with Crippen LogP contribution in [0.5, 0.6) is 0 Å². The molecule has 1 saturated heterocycles. The molecule has 7 rings (SSSR count). The number of carbonyl (C=O) groups excluding carboxylic acids is 1. The average Bonchev–Trinajstić information content (AvgIpc) is 3.62. The number of hydrogen-bond acceptors (Lipinski definition) is 8. The van der Waals surface area contributed by atoms with E-state index in [0.717, 1.165) is 27.1 Å². The molecular formula is C46H43ClO7S. The van der Waals surface area contributed by atoms with E-state index in [0.29, 0.717) is 41.9 Å². The van der Waals surface area contributed by atoms with Crippen molar-refractivity contribution in [2.75, 3.05) is 6.61 Å². The summed E-state index contributed by atoms with van der Waals surface area (Å²) in [7, 11) is 0. The lowest BCUT2D eigenvalue weighted by atomic mass is 9.93. The van der Waals surface area contributed by atoms with Gasteiger partial charge in [0.05, 0.1) is 42.9 Å². The molecule has 1 fully saturated rings. The first-order chi connectivity index (χ1) is 27.1. The number of ether oxygens (including phenoxy) is 6. The zero-order valence-corrected chi connectivity index (χ0v) is 31.9. The predicted octanol–water partition coefficient (Wildman–Crippen LogP) is 10.2. The number of rotatable bonds is 17. The number of esters is 1. The zero-order chi connectivity index (χ0) is 37.7. The Kier molecular flexibility index (Phi) is 13.9. The Balaban J connectivity index is 1.22. The van der Waals surface area contributed by atoms with Crippen LogP contribution in [0.3, 0.4) is 0 Å². The van der Waals surface area contributed by atoms with Crippen LogP contribution in [0, 0.1) is 0 Å². The number of hydrogen-bond donors (Lipinski definition) is 0. The Hall–Kier alpha value is -4.64. The van der Waals surface area contributed by atoms with Crippen molar-refractivity contribution in [2.45, 2.75) is 63.6 Å². The van der Waals surface area contributed by atoms with Crippen molar-refractivity contribution in [3.8, 4) is 0 Å². The van der Waals surface area contributed by atoms with Crippen molar-refractivity contribution in [1.29, 1.82) is 0 Å². The van der Waals surface area contributed by atoms with Crippen LogP contribution in [0.25, 0.3) is 0 Å². The van der Waals surface area contributed by atoms with E-state index in [4.69, 9.17) is 40.0 Å². The van der Waals surface area contributed by atoms with Crippen LogP contribution in [0.4, 0.5) is 0 Å². The summed E-state index contributed by atoms with van der Waals surface area (Å²) in [6.45, 7) is 1.64. The zero-order valence-electron chi connectivity index (χ0n) is 30.3. The van der Waals surface area contributed by atoms with Gasteiger partial charge in [0.1, 0.15) is 37.1 Å². The molecule has 1 aromatic heterocycles. The monoisotopic (exact) mass is 774 g/mol. The second-order valence-electron chi connectivity index (χ2n) is 13.3. The highest BCUT2D eigenvalue weighted by Gasteiger charge is 2.49. The molecule has 5 atom stereocenters. The molecule has 0 radical (unpaired) electrons. The van der Waals surface area contributed by atoms with Gasteiger partial charge in [0.25, 0.3) is 0 Å². The Bertz CT molecular complexity index is 2030. The van der Waals surface area contributed by atoms with E-state index in [9.17, 15) is 4.79 Å². The van der Waals surface area contributed by atoms with Crippen molar-refractivity contribution in [2.24, 2.45) is 0 Å². The quantitative estimate of drug-likeness (QED) is 0.0855. The third-order valence-corrected chi connectivity index (χ3v) is 10.8. The minimum Gasteiger partial charge on any atom is -0.457 e. The first-order valence-corrected chi connectivity index (χ1v) is 19.5. The molecule has 0 saturated carbocycles. The van der Waals surface area contributed by atoms with Crippen LogP contribution in [0.15, 0.2) is 158 Å². The summed E-state index contributed by atoms with van der Waals surface area (Å²) in [6, 6.07) is 51.0. The summed E-state index contributed by atoms with van der Waals surface area (Å²) in [6.07, 6.45) is -2.94. The van der Waals surface area contributed by atoms with E-state index < -0.39 is 36.5 Å². The molecule has 0 spiro atoms. The lowest BCUT2D eigenvalue weighted by molar-refractivity contribution is -0.274. The molecule has 7 nitrogen and oxygen atoms in total. The molecule has 0 bridgehead atoms. The van der Waals surface area contributed by atoms with Crippen LogP contribution in [-0.4, -0.2) is 37.0 Å². The highest BCUT2D eigenvalue weighted by Crippen LogP contribution is 2.43. The minimum atomic E-state index is -0.621. The van der Waals surface area contributed by atoms with Crippen LogP contribution < -0.4 is 0 Å². The molecule has 282 valence electrons. The topological polar surface area (TPSA) is 72.5 Å². The lowest BCUT2D eigenvalue weighted by Crippen LogP contribution is -2.58. The fourth-order valence-electron chi connectivity index (χ4n) is 6.48. The Morgan fingerprint density at radius 1 is 0.564 bits per heavy atom. The van der Waals surface area contributed by atoms with Crippen molar-refractivity contribution in [3.63, 3.8) is 0 Å². The van der Waals surface area contributed by atoms with Gasteiger partial charge in [-0.3, -0.25) is 0 Å². The van der Waals surface area contributed by atoms with E-state index in [1.807, 2.05) is 133 Å². The van der Waals surface area contributed by atoms with Gasteiger partial charge in [-0.2, -0.15) is 0 Å². The van der Waals surface area contributed by atoms with Crippen LogP contribution in [-0.2, 0) is 61.5 Å². The molecule has 1 aliphatic rings. The van der Waals surface area contributed by atoms with Gasteiger partial charge in [0.2, 0.25) is 0 Å². The summed E-state index contributed by atoms with van der Waals surface area (Å²) in [5.41, 5.74) is 5.26. The maximum absolute atomic E-state index is 12.8. The third kappa shape index (κ3) is 10.8. The van der Waals surface area contributed by atoms with Gasteiger partial charge in [-0.15, -0.1) is 11.3 Å². The molecule has 9 heteroatoms. The van der Waals surface area contributed by atoms with Gasteiger partial charge in [-0.05, 0) is 40.5 Å². The molecule has 0 aliphatic carbocycles. The summed E-state index contributed by atoms with van der Waals surface area (Å²) >= 11 is 8.25. The van der Waals surface area contributed by atoms with Crippen molar-refractivity contribution in [3.05, 3.63) is 200 Å². The van der Waals surface area contributed by atoms with E-state index >= 15 is 0 Å². The predicted molar refractivity (Wildman–Crippen MR) is 214 cm³/mol. The van der Waals surface area contributed by atoms with Crippen molar-refractivity contribution in [1.82, 2.24) is 0 Å². The maximum Gasteiger partial charge on any atom is 0.338 e.